The molecule has 0 amide bonds. The Hall–Kier alpha value is -1.44. The smallest absolute Gasteiger partial charge is 0.105 e. The Balaban J connectivity index is 1.52. The fourth-order valence-corrected chi connectivity index (χ4v) is 6.87. The molecule has 0 saturated heterocycles. The fraction of sp³-hybridized carbons (Fsp3) is 0.805. The van der Waals surface area contributed by atoms with Gasteiger partial charge in [-0.1, -0.05) is 205 Å². The highest BCUT2D eigenvalue weighted by molar-refractivity contribution is 5.17. The van der Waals surface area contributed by atoms with Crippen LogP contribution < -0.4 is 0 Å². The Kier molecular flexibility index (Phi) is 24.6. The quantitative estimate of drug-likeness (QED) is 0.0789. The average Bonchev–Trinajstić information content (AvgIpc) is 3.40. The van der Waals surface area contributed by atoms with Gasteiger partial charge in [0.25, 0.3) is 0 Å². The van der Waals surface area contributed by atoms with Crippen molar-refractivity contribution in [1.82, 2.24) is 9.80 Å². The van der Waals surface area contributed by atoms with Crippen molar-refractivity contribution in [2.75, 3.05) is 13.1 Å². The monoisotopic (exact) mass is 595 g/mol. The molecule has 1 aromatic carbocycles. The number of rotatable bonds is 31. The van der Waals surface area contributed by atoms with Crippen molar-refractivity contribution in [2.45, 2.75) is 200 Å². The summed E-state index contributed by atoms with van der Waals surface area (Å²) in [5, 5.41) is 0. The Bertz CT molecular complexity index is 728. The Morgan fingerprint density at radius 1 is 0.395 bits per heavy atom. The standard InChI is InChI=1S/C41H74N2/c1-3-5-7-9-11-13-15-17-18-19-21-23-25-27-32-36-43-38-37-42(41(43)39-40-33-29-28-30-34-40)35-31-26-24-22-20-16-14-12-10-8-6-4-2/h28-30,33-34,37-38,41H,3-27,31-32,35-36,39H2,1-2H3. The summed E-state index contributed by atoms with van der Waals surface area (Å²) in [5.41, 5.74) is 1.47. The van der Waals surface area contributed by atoms with Gasteiger partial charge < -0.3 is 9.80 Å². The lowest BCUT2D eigenvalue weighted by molar-refractivity contribution is 0.148. The SMILES string of the molecule is CCCCCCCCCCCCCCCCCN1C=CN(CCCCCCCCCCCCCC)C1Cc1ccccc1. The van der Waals surface area contributed by atoms with Gasteiger partial charge in [-0.05, 0) is 18.4 Å². The molecule has 0 N–H and O–H groups in total. The molecule has 0 bridgehead atoms. The summed E-state index contributed by atoms with van der Waals surface area (Å²) in [5.74, 6) is 0. The number of hydrogen-bond donors (Lipinski definition) is 0. The summed E-state index contributed by atoms with van der Waals surface area (Å²) in [4.78, 5) is 5.30. The van der Waals surface area contributed by atoms with E-state index in [0.717, 1.165) is 6.42 Å². The van der Waals surface area contributed by atoms with Gasteiger partial charge in [-0.3, -0.25) is 0 Å². The molecular formula is C41H74N2. The normalized spacial score (nSPS) is 14.8. The Labute approximate surface area is 270 Å². The van der Waals surface area contributed by atoms with Crippen molar-refractivity contribution in [1.29, 1.82) is 0 Å². The number of hydrogen-bond acceptors (Lipinski definition) is 2. The van der Waals surface area contributed by atoms with Crippen LogP contribution in [0, 0.1) is 0 Å². The van der Waals surface area contributed by atoms with E-state index in [-0.39, 0.29) is 0 Å². The Morgan fingerprint density at radius 3 is 1.02 bits per heavy atom. The van der Waals surface area contributed by atoms with Gasteiger partial charge in [0, 0.05) is 31.9 Å². The van der Waals surface area contributed by atoms with Crippen LogP contribution in [0.25, 0.3) is 0 Å². The molecule has 1 atom stereocenters. The number of unbranched alkanes of at least 4 members (excludes halogenated alkanes) is 25. The topological polar surface area (TPSA) is 6.48 Å². The maximum Gasteiger partial charge on any atom is 0.105 e. The van der Waals surface area contributed by atoms with Crippen LogP contribution in [0.5, 0.6) is 0 Å². The van der Waals surface area contributed by atoms with Crippen LogP contribution in [0.15, 0.2) is 42.7 Å². The first-order valence-corrected chi connectivity index (χ1v) is 19.6. The third-order valence-corrected chi connectivity index (χ3v) is 9.77. The van der Waals surface area contributed by atoms with Crippen LogP contribution >= 0.6 is 0 Å². The zero-order valence-corrected chi connectivity index (χ0v) is 29.2. The van der Waals surface area contributed by atoms with Gasteiger partial charge in [0.1, 0.15) is 6.17 Å². The van der Waals surface area contributed by atoms with E-state index in [1.165, 1.54) is 192 Å². The van der Waals surface area contributed by atoms with E-state index >= 15 is 0 Å². The summed E-state index contributed by atoms with van der Waals surface area (Å²) >= 11 is 0. The van der Waals surface area contributed by atoms with Crippen LogP contribution in [-0.2, 0) is 6.42 Å². The second kappa shape index (κ2) is 28.1. The molecule has 1 aliphatic rings. The highest BCUT2D eigenvalue weighted by Crippen LogP contribution is 2.23. The maximum atomic E-state index is 2.65. The molecule has 0 aliphatic carbocycles. The van der Waals surface area contributed by atoms with Gasteiger partial charge in [-0.15, -0.1) is 0 Å². The van der Waals surface area contributed by atoms with Crippen molar-refractivity contribution >= 4 is 0 Å². The average molecular weight is 595 g/mol. The maximum absolute atomic E-state index is 2.65. The Morgan fingerprint density at radius 2 is 0.698 bits per heavy atom. The summed E-state index contributed by atoms with van der Waals surface area (Å²) in [7, 11) is 0. The van der Waals surface area contributed by atoms with E-state index < -0.39 is 0 Å². The fourth-order valence-electron chi connectivity index (χ4n) is 6.87. The molecule has 1 aliphatic heterocycles. The summed E-state index contributed by atoms with van der Waals surface area (Å²) in [6.45, 7) is 7.03. The van der Waals surface area contributed by atoms with E-state index in [0.29, 0.717) is 6.17 Å². The van der Waals surface area contributed by atoms with E-state index in [4.69, 9.17) is 0 Å². The molecule has 0 saturated carbocycles. The molecule has 1 aromatic rings. The lowest BCUT2D eigenvalue weighted by Crippen LogP contribution is -2.41. The molecule has 43 heavy (non-hydrogen) atoms. The van der Waals surface area contributed by atoms with E-state index in [2.05, 4.69) is 66.4 Å². The van der Waals surface area contributed by atoms with Crippen molar-refractivity contribution in [2.24, 2.45) is 0 Å². The van der Waals surface area contributed by atoms with Gasteiger partial charge in [0.15, 0.2) is 0 Å². The van der Waals surface area contributed by atoms with Crippen LogP contribution in [-0.4, -0.2) is 29.1 Å². The summed E-state index contributed by atoms with van der Waals surface area (Å²) in [6.07, 6.45) is 45.0. The minimum absolute atomic E-state index is 0.502. The van der Waals surface area contributed by atoms with Crippen molar-refractivity contribution in [3.05, 3.63) is 48.3 Å². The molecule has 0 radical (unpaired) electrons. The van der Waals surface area contributed by atoms with Crippen LogP contribution in [0.3, 0.4) is 0 Å². The highest BCUT2D eigenvalue weighted by atomic mass is 15.4. The minimum Gasteiger partial charge on any atom is -0.356 e. The van der Waals surface area contributed by atoms with Crippen LogP contribution in [0.2, 0.25) is 0 Å². The van der Waals surface area contributed by atoms with E-state index in [1.807, 2.05) is 0 Å². The predicted octanol–water partition coefficient (Wildman–Crippen LogP) is 13.2. The minimum atomic E-state index is 0.502. The highest BCUT2D eigenvalue weighted by Gasteiger charge is 2.25. The van der Waals surface area contributed by atoms with Gasteiger partial charge in [-0.25, -0.2) is 0 Å². The second-order valence-corrected chi connectivity index (χ2v) is 13.8. The van der Waals surface area contributed by atoms with Crippen LogP contribution in [0.1, 0.15) is 193 Å². The van der Waals surface area contributed by atoms with Crippen molar-refractivity contribution < 1.29 is 0 Å². The lowest BCUT2D eigenvalue weighted by atomic mass is 10.0. The molecule has 248 valence electrons. The molecule has 1 unspecified atom stereocenters. The summed E-state index contributed by atoms with van der Waals surface area (Å²) in [6, 6.07) is 11.2. The number of nitrogens with zero attached hydrogens (tertiary/aromatic N) is 2. The molecule has 0 fully saturated rings. The third-order valence-electron chi connectivity index (χ3n) is 9.77. The zero-order valence-electron chi connectivity index (χ0n) is 29.2. The molecule has 2 nitrogen and oxygen atoms in total. The molecule has 0 aromatic heterocycles. The van der Waals surface area contributed by atoms with Gasteiger partial charge in [-0.2, -0.15) is 0 Å². The molecule has 2 heteroatoms. The molecule has 2 rings (SSSR count). The van der Waals surface area contributed by atoms with Crippen molar-refractivity contribution in [3.63, 3.8) is 0 Å². The number of benzene rings is 1. The first-order valence-electron chi connectivity index (χ1n) is 19.6. The molecular weight excluding hydrogens is 520 g/mol. The van der Waals surface area contributed by atoms with Crippen LogP contribution in [0.4, 0.5) is 0 Å². The van der Waals surface area contributed by atoms with E-state index in [9.17, 15) is 0 Å². The van der Waals surface area contributed by atoms with E-state index in [1.54, 1.807) is 0 Å². The molecule has 0 spiro atoms. The lowest BCUT2D eigenvalue weighted by Gasteiger charge is -2.33. The first kappa shape index (κ1) is 37.7. The largest absolute Gasteiger partial charge is 0.356 e. The van der Waals surface area contributed by atoms with Crippen molar-refractivity contribution in [3.8, 4) is 0 Å². The van der Waals surface area contributed by atoms with Gasteiger partial charge in [0.2, 0.25) is 0 Å². The van der Waals surface area contributed by atoms with Gasteiger partial charge >= 0.3 is 0 Å². The third kappa shape index (κ3) is 20.3. The second-order valence-electron chi connectivity index (χ2n) is 13.8. The summed E-state index contributed by atoms with van der Waals surface area (Å²) < 4.78 is 0. The van der Waals surface area contributed by atoms with Gasteiger partial charge in [0.05, 0.1) is 0 Å². The predicted molar refractivity (Wildman–Crippen MR) is 192 cm³/mol. The first-order chi connectivity index (χ1) is 21.3. The zero-order chi connectivity index (χ0) is 30.5. The molecule has 1 heterocycles.